The lowest BCUT2D eigenvalue weighted by atomic mass is 10.1. The Kier molecular flexibility index (Phi) is 5.58. The first-order valence-electron chi connectivity index (χ1n) is 11.4. The summed E-state index contributed by atoms with van der Waals surface area (Å²) >= 11 is 0. The van der Waals surface area contributed by atoms with Gasteiger partial charge in [0.2, 0.25) is 11.8 Å². The summed E-state index contributed by atoms with van der Waals surface area (Å²) in [6.45, 7) is 7.18. The molecule has 0 saturated carbocycles. The summed E-state index contributed by atoms with van der Waals surface area (Å²) in [7, 11) is 0. The molecule has 1 unspecified atom stereocenters. The number of rotatable bonds is 4. The number of carbonyl (C=O) groups is 2. The molecule has 0 N–H and O–H groups in total. The van der Waals surface area contributed by atoms with Crippen LogP contribution in [0.4, 0.5) is 11.5 Å². The molecule has 2 aliphatic heterocycles. The Morgan fingerprint density at radius 1 is 0.909 bits per heavy atom. The summed E-state index contributed by atoms with van der Waals surface area (Å²) < 4.78 is 1.91. The standard InChI is InChI=1S/C25H28N6O2/c1-18-5-6-21(15-19(18)2)31-17-20(16-24(31)32)25(33)30-13-11-29(12-14-30)23-8-7-22(26-27-23)28-9-3-4-10-28/h3-10,15,20H,11-14,16-17H2,1-2H3. The van der Waals surface area contributed by atoms with Crippen LogP contribution in [0.1, 0.15) is 17.5 Å². The van der Waals surface area contributed by atoms with Gasteiger partial charge in [-0.05, 0) is 61.4 Å². The fourth-order valence-electron chi connectivity index (χ4n) is 4.54. The zero-order chi connectivity index (χ0) is 22.9. The van der Waals surface area contributed by atoms with Crippen molar-refractivity contribution in [2.24, 2.45) is 5.92 Å². The molecule has 3 aromatic rings. The quantitative estimate of drug-likeness (QED) is 0.618. The molecule has 0 bridgehead atoms. The number of piperazine rings is 1. The second-order valence-corrected chi connectivity index (χ2v) is 8.83. The van der Waals surface area contributed by atoms with Crippen LogP contribution in [0.3, 0.4) is 0 Å². The molecule has 5 rings (SSSR count). The molecule has 8 heteroatoms. The van der Waals surface area contributed by atoms with Crippen molar-refractivity contribution >= 4 is 23.3 Å². The summed E-state index contributed by atoms with van der Waals surface area (Å²) in [4.78, 5) is 31.6. The maximum atomic E-state index is 13.2. The number of aryl methyl sites for hydroxylation is 2. The van der Waals surface area contributed by atoms with E-state index in [1.165, 1.54) is 5.56 Å². The first-order chi connectivity index (χ1) is 16.0. The topological polar surface area (TPSA) is 74.6 Å². The normalized spacial score (nSPS) is 18.8. The number of aromatic nitrogens is 3. The first kappa shape index (κ1) is 21.2. The molecule has 33 heavy (non-hydrogen) atoms. The van der Waals surface area contributed by atoms with Gasteiger partial charge in [0, 0.05) is 57.2 Å². The Morgan fingerprint density at radius 3 is 2.27 bits per heavy atom. The van der Waals surface area contributed by atoms with Crippen LogP contribution in [-0.4, -0.2) is 64.2 Å². The fourth-order valence-corrected chi connectivity index (χ4v) is 4.54. The van der Waals surface area contributed by atoms with Gasteiger partial charge in [-0.2, -0.15) is 0 Å². The minimum Gasteiger partial charge on any atom is -0.352 e. The molecule has 0 spiro atoms. The molecule has 8 nitrogen and oxygen atoms in total. The smallest absolute Gasteiger partial charge is 0.228 e. The molecule has 2 amide bonds. The fraction of sp³-hybridized carbons (Fsp3) is 0.360. The zero-order valence-electron chi connectivity index (χ0n) is 19.0. The van der Waals surface area contributed by atoms with Gasteiger partial charge < -0.3 is 19.3 Å². The zero-order valence-corrected chi connectivity index (χ0v) is 19.0. The van der Waals surface area contributed by atoms with Crippen LogP contribution in [0, 0.1) is 19.8 Å². The monoisotopic (exact) mass is 444 g/mol. The number of benzene rings is 1. The highest BCUT2D eigenvalue weighted by Crippen LogP contribution is 2.28. The van der Waals surface area contributed by atoms with Crippen LogP contribution < -0.4 is 9.80 Å². The van der Waals surface area contributed by atoms with Crippen LogP contribution >= 0.6 is 0 Å². The summed E-state index contributed by atoms with van der Waals surface area (Å²) in [6.07, 6.45) is 4.14. The highest BCUT2D eigenvalue weighted by atomic mass is 16.2. The lowest BCUT2D eigenvalue weighted by Gasteiger charge is -2.36. The maximum Gasteiger partial charge on any atom is 0.228 e. The summed E-state index contributed by atoms with van der Waals surface area (Å²) in [5, 5.41) is 8.69. The van der Waals surface area contributed by atoms with E-state index < -0.39 is 0 Å². The lowest BCUT2D eigenvalue weighted by molar-refractivity contribution is -0.136. The molecular formula is C25H28N6O2. The Morgan fingerprint density at radius 2 is 1.61 bits per heavy atom. The van der Waals surface area contributed by atoms with Gasteiger partial charge in [0.1, 0.15) is 0 Å². The van der Waals surface area contributed by atoms with Crippen molar-refractivity contribution in [2.45, 2.75) is 20.3 Å². The first-order valence-corrected chi connectivity index (χ1v) is 11.4. The Labute approximate surface area is 193 Å². The van der Waals surface area contributed by atoms with Crippen LogP contribution in [0.15, 0.2) is 54.9 Å². The third kappa shape index (κ3) is 4.20. The maximum absolute atomic E-state index is 13.2. The highest BCUT2D eigenvalue weighted by molar-refractivity contribution is 6.00. The van der Waals surface area contributed by atoms with E-state index in [4.69, 9.17) is 0 Å². The molecule has 2 fully saturated rings. The predicted octanol–water partition coefficient (Wildman–Crippen LogP) is 2.59. The molecule has 2 aromatic heterocycles. The number of nitrogens with zero attached hydrogens (tertiary/aromatic N) is 6. The van der Waals surface area contributed by atoms with Crippen molar-refractivity contribution in [3.05, 3.63) is 66.0 Å². The second-order valence-electron chi connectivity index (χ2n) is 8.83. The van der Waals surface area contributed by atoms with Gasteiger partial charge in [0.25, 0.3) is 0 Å². The predicted molar refractivity (Wildman–Crippen MR) is 127 cm³/mol. The van der Waals surface area contributed by atoms with Crippen molar-refractivity contribution in [3.63, 3.8) is 0 Å². The Balaban J connectivity index is 1.18. The number of amides is 2. The van der Waals surface area contributed by atoms with E-state index in [2.05, 4.69) is 22.0 Å². The minimum atomic E-state index is -0.286. The van der Waals surface area contributed by atoms with E-state index in [0.29, 0.717) is 32.7 Å². The number of carbonyl (C=O) groups excluding carboxylic acids is 2. The summed E-state index contributed by atoms with van der Waals surface area (Å²) in [6, 6.07) is 13.8. The minimum absolute atomic E-state index is 0.0216. The van der Waals surface area contributed by atoms with Crippen molar-refractivity contribution in [1.29, 1.82) is 0 Å². The van der Waals surface area contributed by atoms with Gasteiger partial charge in [-0.15, -0.1) is 10.2 Å². The Hall–Kier alpha value is -3.68. The van der Waals surface area contributed by atoms with Crippen LogP contribution in [-0.2, 0) is 9.59 Å². The van der Waals surface area contributed by atoms with Crippen molar-refractivity contribution < 1.29 is 9.59 Å². The van der Waals surface area contributed by atoms with E-state index in [9.17, 15) is 9.59 Å². The summed E-state index contributed by atoms with van der Waals surface area (Å²) in [5.41, 5.74) is 3.22. The largest absolute Gasteiger partial charge is 0.352 e. The molecular weight excluding hydrogens is 416 g/mol. The summed E-state index contributed by atoms with van der Waals surface area (Å²) in [5.74, 6) is 1.40. The number of anilines is 2. The second kappa shape index (κ2) is 8.69. The van der Waals surface area contributed by atoms with E-state index in [1.54, 1.807) is 4.90 Å². The van der Waals surface area contributed by atoms with Crippen LogP contribution in [0.5, 0.6) is 0 Å². The van der Waals surface area contributed by atoms with Crippen LogP contribution in [0.2, 0.25) is 0 Å². The lowest BCUT2D eigenvalue weighted by Crippen LogP contribution is -2.51. The van der Waals surface area contributed by atoms with Gasteiger partial charge in [-0.1, -0.05) is 6.07 Å². The molecule has 170 valence electrons. The van der Waals surface area contributed by atoms with Gasteiger partial charge in [-0.3, -0.25) is 9.59 Å². The van der Waals surface area contributed by atoms with Gasteiger partial charge >= 0.3 is 0 Å². The van der Waals surface area contributed by atoms with Crippen molar-refractivity contribution in [1.82, 2.24) is 19.7 Å². The average Bonchev–Trinajstić information content (AvgIpc) is 3.51. The SMILES string of the molecule is Cc1ccc(N2CC(C(=O)N3CCN(c4ccc(-n5cccc5)nn4)CC3)CC2=O)cc1C. The third-order valence-electron chi connectivity index (χ3n) is 6.70. The van der Waals surface area contributed by atoms with E-state index in [0.717, 1.165) is 22.9 Å². The van der Waals surface area contributed by atoms with Crippen LogP contribution in [0.25, 0.3) is 5.82 Å². The molecule has 0 aliphatic carbocycles. The Bertz CT molecular complexity index is 1150. The average molecular weight is 445 g/mol. The van der Waals surface area contributed by atoms with Gasteiger partial charge in [0.05, 0.1) is 5.92 Å². The molecule has 4 heterocycles. The van der Waals surface area contributed by atoms with E-state index in [-0.39, 0.29) is 24.2 Å². The molecule has 2 saturated heterocycles. The molecule has 0 radical (unpaired) electrons. The van der Waals surface area contributed by atoms with Gasteiger partial charge in [-0.25, -0.2) is 0 Å². The van der Waals surface area contributed by atoms with E-state index in [1.807, 2.05) is 71.2 Å². The van der Waals surface area contributed by atoms with Crippen molar-refractivity contribution in [2.75, 3.05) is 42.5 Å². The number of hydrogen-bond donors (Lipinski definition) is 0. The van der Waals surface area contributed by atoms with Crippen molar-refractivity contribution in [3.8, 4) is 5.82 Å². The molecule has 1 aromatic carbocycles. The highest BCUT2D eigenvalue weighted by Gasteiger charge is 2.38. The molecule has 2 aliphatic rings. The molecule has 1 atom stereocenters. The van der Waals surface area contributed by atoms with Gasteiger partial charge in [0.15, 0.2) is 11.6 Å². The van der Waals surface area contributed by atoms with E-state index >= 15 is 0 Å². The number of hydrogen-bond acceptors (Lipinski definition) is 5. The third-order valence-corrected chi connectivity index (χ3v) is 6.70.